The van der Waals surface area contributed by atoms with Gasteiger partial charge in [0.05, 0.1) is 21.4 Å². The predicted molar refractivity (Wildman–Crippen MR) is 109 cm³/mol. The van der Waals surface area contributed by atoms with E-state index in [9.17, 15) is 14.4 Å². The third kappa shape index (κ3) is 4.19. The Morgan fingerprint density at radius 3 is 2.61 bits per heavy atom. The van der Waals surface area contributed by atoms with Gasteiger partial charge in [-0.3, -0.25) is 9.36 Å². The van der Waals surface area contributed by atoms with E-state index in [-0.39, 0.29) is 17.5 Å². The number of benzene rings is 1. The zero-order valence-electron chi connectivity index (χ0n) is 15.2. The summed E-state index contributed by atoms with van der Waals surface area (Å²) in [5.41, 5.74) is 2.59. The molecule has 5 nitrogen and oxygen atoms in total. The molecule has 0 saturated carbocycles. The van der Waals surface area contributed by atoms with Gasteiger partial charge < -0.3 is 5.32 Å². The Kier molecular flexibility index (Phi) is 6.02. The fourth-order valence-electron chi connectivity index (χ4n) is 2.73. The topological polar surface area (TPSA) is 70.7 Å². The average molecular weight is 415 g/mol. The Balaban J connectivity index is 1.87. The van der Waals surface area contributed by atoms with Crippen LogP contribution >= 0.6 is 23.4 Å². The smallest absolute Gasteiger partial charge is 0.235 e. The minimum atomic E-state index is -0.358. The lowest BCUT2D eigenvalue weighted by Crippen LogP contribution is -2.17. The second kappa shape index (κ2) is 8.46. The first-order valence-corrected chi connectivity index (χ1v) is 9.69. The van der Waals surface area contributed by atoms with Crippen molar-refractivity contribution in [2.75, 3.05) is 11.1 Å². The van der Waals surface area contributed by atoms with E-state index in [2.05, 4.69) is 16.4 Å². The highest BCUT2D eigenvalue weighted by molar-refractivity contribution is 7.99. The van der Waals surface area contributed by atoms with Gasteiger partial charge in [0.15, 0.2) is 0 Å². The number of pyridine rings is 1. The van der Waals surface area contributed by atoms with E-state index in [0.29, 0.717) is 27.1 Å². The SMILES string of the molecule is Cc1c(C#N)c(NC(=O)CSc2ccc(Cl)cn2)n(-c2ccc(F)cc2)c1C. The third-order valence-corrected chi connectivity index (χ3v) is 5.39. The summed E-state index contributed by atoms with van der Waals surface area (Å²) >= 11 is 7.07. The Morgan fingerprint density at radius 2 is 2.00 bits per heavy atom. The number of amides is 1. The molecule has 3 rings (SSSR count). The van der Waals surface area contributed by atoms with E-state index in [1.165, 1.54) is 30.1 Å². The van der Waals surface area contributed by atoms with Crippen LogP contribution in [0.1, 0.15) is 16.8 Å². The molecule has 1 aromatic carbocycles. The summed E-state index contributed by atoms with van der Waals surface area (Å²) in [7, 11) is 0. The van der Waals surface area contributed by atoms with Crippen molar-refractivity contribution in [1.29, 1.82) is 5.26 Å². The van der Waals surface area contributed by atoms with E-state index >= 15 is 0 Å². The summed E-state index contributed by atoms with van der Waals surface area (Å²) in [5.74, 6) is -0.146. The molecule has 28 heavy (non-hydrogen) atoms. The zero-order chi connectivity index (χ0) is 20.3. The number of aromatic nitrogens is 2. The minimum Gasteiger partial charge on any atom is -0.310 e. The van der Waals surface area contributed by atoms with Crippen molar-refractivity contribution in [3.05, 3.63) is 70.3 Å². The Morgan fingerprint density at radius 1 is 1.29 bits per heavy atom. The molecule has 0 aliphatic carbocycles. The van der Waals surface area contributed by atoms with Crippen molar-refractivity contribution in [2.45, 2.75) is 18.9 Å². The number of halogens is 2. The first-order valence-electron chi connectivity index (χ1n) is 8.33. The molecule has 3 aromatic rings. The predicted octanol–water partition coefficient (Wildman–Crippen LogP) is 4.88. The Bertz CT molecular complexity index is 1060. The third-order valence-electron chi connectivity index (χ3n) is 4.22. The standard InChI is InChI=1S/C20H16ClFN4OS/c1-12-13(2)26(16-6-4-15(22)5-7-16)20(17(12)9-23)25-18(27)11-28-19-8-3-14(21)10-24-19/h3-8,10H,11H2,1-2H3,(H,25,27). The number of nitrogens with zero attached hydrogens (tertiary/aromatic N) is 3. The van der Waals surface area contributed by atoms with Gasteiger partial charge in [-0.2, -0.15) is 5.26 Å². The molecular weight excluding hydrogens is 399 g/mol. The van der Waals surface area contributed by atoms with Crippen LogP contribution in [0.5, 0.6) is 0 Å². The highest BCUT2D eigenvalue weighted by Crippen LogP contribution is 2.30. The van der Waals surface area contributed by atoms with Gasteiger partial charge in [-0.1, -0.05) is 23.4 Å². The van der Waals surface area contributed by atoms with Crippen molar-refractivity contribution < 1.29 is 9.18 Å². The molecule has 8 heteroatoms. The van der Waals surface area contributed by atoms with E-state index < -0.39 is 0 Å². The molecule has 0 aliphatic rings. The first-order chi connectivity index (χ1) is 13.4. The number of hydrogen-bond donors (Lipinski definition) is 1. The molecule has 0 unspecified atom stereocenters. The lowest BCUT2D eigenvalue weighted by molar-refractivity contribution is -0.113. The summed E-state index contributed by atoms with van der Waals surface area (Å²) in [4.78, 5) is 16.7. The van der Waals surface area contributed by atoms with Gasteiger partial charge in [-0.15, -0.1) is 0 Å². The summed E-state index contributed by atoms with van der Waals surface area (Å²) in [5, 5.41) is 13.6. The molecule has 1 amide bonds. The average Bonchev–Trinajstić information content (AvgIpc) is 2.92. The molecular formula is C20H16ClFN4OS. The number of rotatable bonds is 5. The van der Waals surface area contributed by atoms with Crippen molar-refractivity contribution in [3.63, 3.8) is 0 Å². The summed E-state index contributed by atoms with van der Waals surface area (Å²) < 4.78 is 15.0. The Labute approximate surface area is 171 Å². The molecule has 0 spiro atoms. The van der Waals surface area contributed by atoms with Gasteiger partial charge in [0.1, 0.15) is 17.7 Å². The van der Waals surface area contributed by atoms with Gasteiger partial charge in [-0.05, 0) is 55.8 Å². The second-order valence-corrected chi connectivity index (χ2v) is 7.44. The Hall–Kier alpha value is -2.82. The number of nitriles is 1. The van der Waals surface area contributed by atoms with Crippen molar-refractivity contribution in [3.8, 4) is 11.8 Å². The lowest BCUT2D eigenvalue weighted by atomic mass is 10.2. The van der Waals surface area contributed by atoms with Gasteiger partial charge >= 0.3 is 0 Å². The molecule has 0 aliphatic heterocycles. The summed E-state index contributed by atoms with van der Waals surface area (Å²) in [6, 6.07) is 11.5. The van der Waals surface area contributed by atoms with Crippen LogP contribution in [-0.4, -0.2) is 21.2 Å². The quantitative estimate of drug-likeness (QED) is 0.604. The minimum absolute atomic E-state index is 0.117. The summed E-state index contributed by atoms with van der Waals surface area (Å²) in [6.07, 6.45) is 1.52. The molecule has 2 aromatic heterocycles. The first kappa shape index (κ1) is 19.9. The number of carbonyl (C=O) groups is 1. The van der Waals surface area contributed by atoms with Gasteiger partial charge in [0.2, 0.25) is 5.91 Å². The lowest BCUT2D eigenvalue weighted by Gasteiger charge is -2.13. The van der Waals surface area contributed by atoms with E-state index in [0.717, 1.165) is 11.3 Å². The highest BCUT2D eigenvalue weighted by Gasteiger charge is 2.20. The highest BCUT2D eigenvalue weighted by atomic mass is 35.5. The fourth-order valence-corrected chi connectivity index (χ4v) is 3.48. The van der Waals surface area contributed by atoms with Crippen LogP contribution in [0.2, 0.25) is 5.02 Å². The number of carbonyl (C=O) groups excluding carboxylic acids is 1. The zero-order valence-corrected chi connectivity index (χ0v) is 16.7. The molecule has 2 heterocycles. The summed E-state index contributed by atoms with van der Waals surface area (Å²) in [6.45, 7) is 3.66. The molecule has 0 bridgehead atoms. The monoisotopic (exact) mass is 414 g/mol. The maximum absolute atomic E-state index is 13.3. The van der Waals surface area contributed by atoms with E-state index in [1.807, 2.05) is 13.8 Å². The van der Waals surface area contributed by atoms with Crippen LogP contribution in [0, 0.1) is 31.0 Å². The molecule has 142 valence electrons. The number of anilines is 1. The largest absolute Gasteiger partial charge is 0.310 e. The second-order valence-electron chi connectivity index (χ2n) is 6.01. The maximum Gasteiger partial charge on any atom is 0.235 e. The van der Waals surface area contributed by atoms with Crippen LogP contribution in [0.4, 0.5) is 10.2 Å². The van der Waals surface area contributed by atoms with Crippen LogP contribution < -0.4 is 5.32 Å². The van der Waals surface area contributed by atoms with Gasteiger partial charge in [0.25, 0.3) is 0 Å². The molecule has 0 saturated heterocycles. The number of thioether (sulfide) groups is 1. The van der Waals surface area contributed by atoms with Gasteiger partial charge in [0, 0.05) is 17.6 Å². The van der Waals surface area contributed by atoms with Crippen LogP contribution in [0.15, 0.2) is 47.6 Å². The molecule has 0 radical (unpaired) electrons. The van der Waals surface area contributed by atoms with E-state index in [1.54, 1.807) is 28.8 Å². The molecule has 0 atom stereocenters. The van der Waals surface area contributed by atoms with Crippen LogP contribution in [-0.2, 0) is 4.79 Å². The molecule has 1 N–H and O–H groups in total. The van der Waals surface area contributed by atoms with Crippen molar-refractivity contribution >= 4 is 35.1 Å². The van der Waals surface area contributed by atoms with Crippen molar-refractivity contribution in [1.82, 2.24) is 9.55 Å². The van der Waals surface area contributed by atoms with Gasteiger partial charge in [-0.25, -0.2) is 9.37 Å². The van der Waals surface area contributed by atoms with Crippen LogP contribution in [0.3, 0.4) is 0 Å². The maximum atomic E-state index is 13.3. The van der Waals surface area contributed by atoms with E-state index in [4.69, 9.17) is 11.6 Å². The number of hydrogen-bond acceptors (Lipinski definition) is 4. The number of nitrogens with one attached hydrogen (secondary N) is 1. The normalized spacial score (nSPS) is 10.5. The van der Waals surface area contributed by atoms with Crippen LogP contribution in [0.25, 0.3) is 5.69 Å². The molecule has 0 fully saturated rings. The fraction of sp³-hybridized carbons (Fsp3) is 0.150. The van der Waals surface area contributed by atoms with Crippen molar-refractivity contribution in [2.24, 2.45) is 0 Å².